The maximum Gasteiger partial charge on any atom is 0.266 e. The molecule has 2 amide bonds. The molecular formula is C26H22FN3O4. The lowest BCUT2D eigenvalue weighted by atomic mass is 10.1. The van der Waals surface area contributed by atoms with Crippen molar-refractivity contribution in [3.05, 3.63) is 89.2 Å². The number of hydrogen-bond donors (Lipinski definition) is 2. The first-order valence-corrected chi connectivity index (χ1v) is 10.2. The van der Waals surface area contributed by atoms with Gasteiger partial charge >= 0.3 is 0 Å². The number of carbonyl (C=O) groups is 2. The van der Waals surface area contributed by atoms with Gasteiger partial charge in [-0.1, -0.05) is 12.1 Å². The molecule has 0 radical (unpaired) electrons. The van der Waals surface area contributed by atoms with Gasteiger partial charge in [0.1, 0.15) is 29.0 Å². The first-order chi connectivity index (χ1) is 16.4. The van der Waals surface area contributed by atoms with E-state index < -0.39 is 11.7 Å². The number of nitrogens with zero attached hydrogens (tertiary/aromatic N) is 1. The molecule has 0 aliphatic heterocycles. The van der Waals surface area contributed by atoms with E-state index in [0.717, 1.165) is 5.56 Å². The molecule has 0 bridgehead atoms. The Morgan fingerprint density at radius 1 is 1.03 bits per heavy atom. The summed E-state index contributed by atoms with van der Waals surface area (Å²) in [6.07, 6.45) is 1.34. The van der Waals surface area contributed by atoms with Gasteiger partial charge in [0.15, 0.2) is 6.61 Å². The Morgan fingerprint density at radius 3 is 2.47 bits per heavy atom. The van der Waals surface area contributed by atoms with Gasteiger partial charge in [-0.3, -0.25) is 9.59 Å². The second-order valence-corrected chi connectivity index (χ2v) is 7.24. The monoisotopic (exact) mass is 459 g/mol. The number of nitrogens with one attached hydrogen (secondary N) is 2. The van der Waals surface area contributed by atoms with Crippen LogP contribution < -0.4 is 20.1 Å². The number of aryl methyl sites for hydroxylation is 1. The van der Waals surface area contributed by atoms with Gasteiger partial charge in [-0.15, -0.1) is 0 Å². The van der Waals surface area contributed by atoms with E-state index in [0.29, 0.717) is 22.7 Å². The van der Waals surface area contributed by atoms with Crippen molar-refractivity contribution in [3.63, 3.8) is 0 Å². The third kappa shape index (κ3) is 6.68. The molecule has 0 aromatic heterocycles. The van der Waals surface area contributed by atoms with Crippen LogP contribution in [0.25, 0.3) is 6.08 Å². The first-order valence-electron chi connectivity index (χ1n) is 10.2. The summed E-state index contributed by atoms with van der Waals surface area (Å²) >= 11 is 0. The standard InChI is InChI=1S/C26H22FN3O4/c1-17-4-3-5-22(12-17)29-25(31)16-34-24-14-23(33-2)11-6-18(24)13-19(15-28)26(32)30-21-9-7-20(27)8-10-21/h3-14H,16H2,1-2H3,(H,29,31)(H,30,32)/b19-13+. The topological polar surface area (TPSA) is 100 Å². The van der Waals surface area contributed by atoms with E-state index in [-0.39, 0.29) is 23.8 Å². The molecule has 0 aliphatic carbocycles. The van der Waals surface area contributed by atoms with E-state index >= 15 is 0 Å². The zero-order chi connectivity index (χ0) is 24.5. The molecule has 3 aromatic rings. The average Bonchev–Trinajstić information content (AvgIpc) is 2.83. The summed E-state index contributed by atoms with van der Waals surface area (Å²) in [5.41, 5.74) is 2.18. The summed E-state index contributed by atoms with van der Waals surface area (Å²) in [7, 11) is 1.48. The van der Waals surface area contributed by atoms with Gasteiger partial charge in [-0.2, -0.15) is 5.26 Å². The van der Waals surface area contributed by atoms with Crippen LogP contribution in [0.2, 0.25) is 0 Å². The molecule has 0 saturated heterocycles. The van der Waals surface area contributed by atoms with Gasteiger partial charge in [0, 0.05) is 23.0 Å². The van der Waals surface area contributed by atoms with Crippen molar-refractivity contribution in [1.82, 2.24) is 0 Å². The average molecular weight is 459 g/mol. The molecule has 3 aromatic carbocycles. The molecular weight excluding hydrogens is 437 g/mol. The highest BCUT2D eigenvalue weighted by molar-refractivity contribution is 6.09. The largest absolute Gasteiger partial charge is 0.497 e. The molecule has 0 saturated carbocycles. The van der Waals surface area contributed by atoms with Crippen molar-refractivity contribution in [1.29, 1.82) is 5.26 Å². The van der Waals surface area contributed by atoms with Crippen molar-refractivity contribution in [2.45, 2.75) is 6.92 Å². The number of methoxy groups -OCH3 is 1. The van der Waals surface area contributed by atoms with E-state index in [1.807, 2.05) is 31.2 Å². The Hall–Kier alpha value is -4.64. The van der Waals surface area contributed by atoms with Crippen molar-refractivity contribution in [2.24, 2.45) is 0 Å². The van der Waals surface area contributed by atoms with Gasteiger partial charge in [-0.05, 0) is 67.1 Å². The van der Waals surface area contributed by atoms with Crippen molar-refractivity contribution >= 4 is 29.3 Å². The van der Waals surface area contributed by atoms with Gasteiger partial charge in [0.25, 0.3) is 11.8 Å². The van der Waals surface area contributed by atoms with Crippen LogP contribution in [0.4, 0.5) is 15.8 Å². The third-order valence-electron chi connectivity index (χ3n) is 4.65. The zero-order valence-corrected chi connectivity index (χ0v) is 18.6. The lowest BCUT2D eigenvalue weighted by molar-refractivity contribution is -0.118. The van der Waals surface area contributed by atoms with E-state index in [9.17, 15) is 19.2 Å². The van der Waals surface area contributed by atoms with Crippen LogP contribution in [0.1, 0.15) is 11.1 Å². The van der Waals surface area contributed by atoms with Gasteiger partial charge < -0.3 is 20.1 Å². The Labute approximate surface area is 196 Å². The summed E-state index contributed by atoms with van der Waals surface area (Å²) in [5.74, 6) is -0.770. The SMILES string of the molecule is COc1ccc(/C=C(\C#N)C(=O)Nc2ccc(F)cc2)c(OCC(=O)Nc2cccc(C)c2)c1. The van der Waals surface area contributed by atoms with E-state index in [1.165, 1.54) is 37.5 Å². The molecule has 172 valence electrons. The van der Waals surface area contributed by atoms with Crippen LogP contribution in [0.5, 0.6) is 11.5 Å². The number of halogens is 1. The van der Waals surface area contributed by atoms with Crippen molar-refractivity contribution < 1.29 is 23.5 Å². The lowest BCUT2D eigenvalue weighted by Crippen LogP contribution is -2.20. The number of nitriles is 1. The van der Waals surface area contributed by atoms with E-state index in [1.54, 1.807) is 24.3 Å². The summed E-state index contributed by atoms with van der Waals surface area (Å²) in [5, 5.41) is 14.8. The zero-order valence-electron chi connectivity index (χ0n) is 18.6. The highest BCUT2D eigenvalue weighted by Gasteiger charge is 2.13. The second kappa shape index (κ2) is 11.3. The predicted molar refractivity (Wildman–Crippen MR) is 127 cm³/mol. The minimum atomic E-state index is -0.673. The number of rotatable bonds is 8. The molecule has 7 nitrogen and oxygen atoms in total. The predicted octanol–water partition coefficient (Wildman–Crippen LogP) is 4.71. The lowest BCUT2D eigenvalue weighted by Gasteiger charge is -2.12. The fourth-order valence-electron chi connectivity index (χ4n) is 2.98. The normalized spacial score (nSPS) is 10.7. The van der Waals surface area contributed by atoms with Crippen LogP contribution in [-0.4, -0.2) is 25.5 Å². The molecule has 8 heteroatoms. The summed E-state index contributed by atoms with van der Waals surface area (Å²) < 4.78 is 24.0. The van der Waals surface area contributed by atoms with Crippen molar-refractivity contribution in [2.75, 3.05) is 24.4 Å². The fraction of sp³-hybridized carbons (Fsp3) is 0.115. The number of hydrogen-bond acceptors (Lipinski definition) is 5. The molecule has 0 atom stereocenters. The van der Waals surface area contributed by atoms with Crippen LogP contribution >= 0.6 is 0 Å². The number of anilines is 2. The smallest absolute Gasteiger partial charge is 0.266 e. The summed E-state index contributed by atoms with van der Waals surface area (Å²) in [6, 6.07) is 19.2. The summed E-state index contributed by atoms with van der Waals surface area (Å²) in [4.78, 5) is 24.9. The summed E-state index contributed by atoms with van der Waals surface area (Å²) in [6.45, 7) is 1.62. The highest BCUT2D eigenvalue weighted by Crippen LogP contribution is 2.27. The Morgan fingerprint density at radius 2 is 1.79 bits per heavy atom. The maximum atomic E-state index is 13.1. The van der Waals surface area contributed by atoms with E-state index in [4.69, 9.17) is 9.47 Å². The van der Waals surface area contributed by atoms with Gasteiger partial charge in [-0.25, -0.2) is 4.39 Å². The molecule has 0 unspecified atom stereocenters. The molecule has 34 heavy (non-hydrogen) atoms. The van der Waals surface area contributed by atoms with Crippen LogP contribution in [-0.2, 0) is 9.59 Å². The molecule has 2 N–H and O–H groups in total. The number of ether oxygens (including phenoxy) is 2. The fourth-order valence-corrected chi connectivity index (χ4v) is 2.98. The van der Waals surface area contributed by atoms with Gasteiger partial charge in [0.05, 0.1) is 7.11 Å². The quantitative estimate of drug-likeness (QED) is 0.376. The number of benzene rings is 3. The van der Waals surface area contributed by atoms with E-state index in [2.05, 4.69) is 10.6 Å². The maximum absolute atomic E-state index is 13.1. The minimum Gasteiger partial charge on any atom is -0.497 e. The highest BCUT2D eigenvalue weighted by atomic mass is 19.1. The first kappa shape index (κ1) is 24.0. The van der Waals surface area contributed by atoms with Crippen LogP contribution in [0, 0.1) is 24.1 Å². The third-order valence-corrected chi connectivity index (χ3v) is 4.65. The Kier molecular flexibility index (Phi) is 7.97. The number of carbonyl (C=O) groups excluding carboxylic acids is 2. The molecule has 0 aliphatic rings. The molecule has 0 spiro atoms. The minimum absolute atomic E-state index is 0.205. The van der Waals surface area contributed by atoms with Crippen molar-refractivity contribution in [3.8, 4) is 17.6 Å². The van der Waals surface area contributed by atoms with Gasteiger partial charge in [0.2, 0.25) is 0 Å². The Balaban J connectivity index is 1.77. The van der Waals surface area contributed by atoms with Crippen LogP contribution in [0.3, 0.4) is 0 Å². The second-order valence-electron chi connectivity index (χ2n) is 7.24. The molecule has 0 heterocycles. The Bertz CT molecular complexity index is 1260. The van der Waals surface area contributed by atoms with Crippen LogP contribution in [0.15, 0.2) is 72.3 Å². The molecule has 0 fully saturated rings. The number of amides is 2. The molecule has 3 rings (SSSR count).